The van der Waals surface area contributed by atoms with E-state index in [0.29, 0.717) is 12.5 Å². The first-order valence-corrected chi connectivity index (χ1v) is 5.21. The summed E-state index contributed by atoms with van der Waals surface area (Å²) in [7, 11) is 0. The van der Waals surface area contributed by atoms with Gasteiger partial charge in [0, 0.05) is 6.54 Å². The third-order valence-electron chi connectivity index (χ3n) is 1.87. The Balaban J connectivity index is 2.77. The number of carbonyl (C=O) groups is 2. The van der Waals surface area contributed by atoms with E-state index in [0.717, 1.165) is 11.8 Å². The minimum atomic E-state index is -0.564. The van der Waals surface area contributed by atoms with Crippen LogP contribution in [0, 0.1) is 5.92 Å². The van der Waals surface area contributed by atoms with Gasteiger partial charge in [-0.1, -0.05) is 13.8 Å². The van der Waals surface area contributed by atoms with Gasteiger partial charge in [-0.15, -0.1) is 0 Å². The lowest BCUT2D eigenvalue weighted by molar-refractivity contribution is -0.129. The summed E-state index contributed by atoms with van der Waals surface area (Å²) in [4.78, 5) is 24.4. The van der Waals surface area contributed by atoms with Gasteiger partial charge in [-0.3, -0.25) is 14.5 Å². The van der Waals surface area contributed by atoms with Crippen LogP contribution in [0.25, 0.3) is 0 Å². The maximum atomic E-state index is 11.7. The molecule has 1 aliphatic heterocycles. The Labute approximate surface area is 82.9 Å². The van der Waals surface area contributed by atoms with Crippen LogP contribution in [-0.2, 0) is 4.79 Å². The molecule has 0 atom stereocenters. The zero-order valence-corrected chi connectivity index (χ0v) is 9.27. The van der Waals surface area contributed by atoms with Crippen molar-refractivity contribution in [1.29, 1.82) is 0 Å². The lowest BCUT2D eigenvalue weighted by Crippen LogP contribution is -2.37. The largest absolute Gasteiger partial charge is 0.289 e. The van der Waals surface area contributed by atoms with Gasteiger partial charge in [0.25, 0.3) is 5.24 Å². The third-order valence-corrected chi connectivity index (χ3v) is 2.95. The molecule has 0 aromatic heterocycles. The highest BCUT2D eigenvalue weighted by Gasteiger charge is 2.45. The maximum Gasteiger partial charge on any atom is 0.289 e. The molecule has 1 saturated heterocycles. The van der Waals surface area contributed by atoms with E-state index < -0.39 is 4.75 Å². The lowest BCUT2D eigenvalue weighted by Gasteiger charge is -2.17. The van der Waals surface area contributed by atoms with Crippen LogP contribution in [-0.4, -0.2) is 27.3 Å². The molecular formula is C9H15NO2S. The molecule has 0 radical (unpaired) electrons. The number of amides is 2. The highest BCUT2D eigenvalue weighted by atomic mass is 32.2. The van der Waals surface area contributed by atoms with E-state index in [9.17, 15) is 9.59 Å². The number of hydrogen-bond donors (Lipinski definition) is 0. The summed E-state index contributed by atoms with van der Waals surface area (Å²) < 4.78 is -0.564. The van der Waals surface area contributed by atoms with Gasteiger partial charge in [0.2, 0.25) is 5.91 Å². The average molecular weight is 201 g/mol. The summed E-state index contributed by atoms with van der Waals surface area (Å²) in [6.45, 7) is 8.11. The van der Waals surface area contributed by atoms with Crippen LogP contribution in [0.2, 0.25) is 0 Å². The Hall–Kier alpha value is -0.510. The number of hydrogen-bond acceptors (Lipinski definition) is 3. The highest BCUT2D eigenvalue weighted by Crippen LogP contribution is 2.36. The summed E-state index contributed by atoms with van der Waals surface area (Å²) in [6.07, 6.45) is 0. The Morgan fingerprint density at radius 3 is 2.23 bits per heavy atom. The summed E-state index contributed by atoms with van der Waals surface area (Å²) >= 11 is 1.12. The molecule has 2 amide bonds. The van der Waals surface area contributed by atoms with Crippen LogP contribution < -0.4 is 0 Å². The van der Waals surface area contributed by atoms with Crippen molar-refractivity contribution in [2.75, 3.05) is 6.54 Å². The normalized spacial score (nSPS) is 21.8. The van der Waals surface area contributed by atoms with Gasteiger partial charge < -0.3 is 0 Å². The monoisotopic (exact) mass is 201 g/mol. The number of rotatable bonds is 2. The van der Waals surface area contributed by atoms with Crippen molar-refractivity contribution in [2.24, 2.45) is 5.92 Å². The molecule has 1 fully saturated rings. The van der Waals surface area contributed by atoms with Gasteiger partial charge in [-0.2, -0.15) is 0 Å². The van der Waals surface area contributed by atoms with E-state index in [1.54, 1.807) is 13.8 Å². The topological polar surface area (TPSA) is 37.4 Å². The Bertz CT molecular complexity index is 248. The van der Waals surface area contributed by atoms with Gasteiger partial charge in [0.1, 0.15) is 0 Å². The number of thioether (sulfide) groups is 1. The van der Waals surface area contributed by atoms with Crippen LogP contribution in [0.5, 0.6) is 0 Å². The van der Waals surface area contributed by atoms with Crippen LogP contribution in [0.15, 0.2) is 0 Å². The third kappa shape index (κ3) is 2.05. The van der Waals surface area contributed by atoms with Crippen LogP contribution in [0.4, 0.5) is 4.79 Å². The average Bonchev–Trinajstić information content (AvgIpc) is 2.12. The van der Waals surface area contributed by atoms with Crippen molar-refractivity contribution in [3.63, 3.8) is 0 Å². The molecule has 74 valence electrons. The molecule has 1 heterocycles. The van der Waals surface area contributed by atoms with Crippen molar-refractivity contribution in [3.8, 4) is 0 Å². The Kier molecular flexibility index (Phi) is 2.71. The van der Waals surface area contributed by atoms with Gasteiger partial charge in [-0.05, 0) is 31.5 Å². The van der Waals surface area contributed by atoms with Crippen molar-refractivity contribution in [1.82, 2.24) is 4.90 Å². The molecule has 4 heteroatoms. The summed E-state index contributed by atoms with van der Waals surface area (Å²) in [6, 6.07) is 0. The molecule has 0 N–H and O–H groups in total. The van der Waals surface area contributed by atoms with Crippen molar-refractivity contribution < 1.29 is 9.59 Å². The molecule has 0 bridgehead atoms. The second kappa shape index (κ2) is 3.33. The molecule has 0 spiro atoms. The van der Waals surface area contributed by atoms with Gasteiger partial charge >= 0.3 is 0 Å². The van der Waals surface area contributed by atoms with Crippen molar-refractivity contribution in [3.05, 3.63) is 0 Å². The van der Waals surface area contributed by atoms with Crippen molar-refractivity contribution in [2.45, 2.75) is 32.4 Å². The fraction of sp³-hybridized carbons (Fsp3) is 0.778. The van der Waals surface area contributed by atoms with Gasteiger partial charge in [0.15, 0.2) is 0 Å². The lowest BCUT2D eigenvalue weighted by atomic mass is 10.1. The first-order valence-electron chi connectivity index (χ1n) is 4.39. The predicted octanol–water partition coefficient (Wildman–Crippen LogP) is 2.12. The molecule has 1 rings (SSSR count). The van der Waals surface area contributed by atoms with E-state index in [1.165, 1.54) is 4.90 Å². The second-order valence-electron chi connectivity index (χ2n) is 4.19. The summed E-state index contributed by atoms with van der Waals surface area (Å²) in [5, 5.41) is -0.108. The minimum absolute atomic E-state index is 0.0591. The molecule has 0 unspecified atom stereocenters. The number of carbonyl (C=O) groups excluding carboxylic acids is 2. The standard InChI is InChI=1S/C9H15NO2S/c1-6(2)5-10-7(11)9(3,4)13-8(10)12/h6H,5H2,1-4H3. The first-order chi connectivity index (χ1) is 5.84. The zero-order chi connectivity index (χ0) is 10.2. The minimum Gasteiger partial charge on any atom is -0.273 e. The second-order valence-corrected chi connectivity index (χ2v) is 5.76. The molecule has 0 aromatic rings. The molecule has 0 aliphatic carbocycles. The zero-order valence-electron chi connectivity index (χ0n) is 8.46. The molecule has 0 saturated carbocycles. The van der Waals surface area contributed by atoms with Gasteiger partial charge in [0.05, 0.1) is 4.75 Å². The molecular weight excluding hydrogens is 186 g/mol. The van der Waals surface area contributed by atoms with E-state index >= 15 is 0 Å². The SMILES string of the molecule is CC(C)CN1C(=O)SC(C)(C)C1=O. The van der Waals surface area contributed by atoms with E-state index in [-0.39, 0.29) is 11.1 Å². The van der Waals surface area contributed by atoms with Crippen LogP contribution in [0.1, 0.15) is 27.7 Å². The van der Waals surface area contributed by atoms with Gasteiger partial charge in [-0.25, -0.2) is 0 Å². The Morgan fingerprint density at radius 1 is 1.38 bits per heavy atom. The number of nitrogens with zero attached hydrogens (tertiary/aromatic N) is 1. The quantitative estimate of drug-likeness (QED) is 0.686. The van der Waals surface area contributed by atoms with E-state index in [2.05, 4.69) is 0 Å². The highest BCUT2D eigenvalue weighted by molar-refractivity contribution is 8.16. The smallest absolute Gasteiger partial charge is 0.273 e. The van der Waals surface area contributed by atoms with Crippen molar-refractivity contribution >= 4 is 22.9 Å². The van der Waals surface area contributed by atoms with E-state index in [4.69, 9.17) is 0 Å². The summed E-state index contributed by atoms with van der Waals surface area (Å²) in [5.74, 6) is 0.276. The van der Waals surface area contributed by atoms with E-state index in [1.807, 2.05) is 13.8 Å². The molecule has 1 aliphatic rings. The molecule has 13 heavy (non-hydrogen) atoms. The Morgan fingerprint density at radius 2 is 1.92 bits per heavy atom. The van der Waals surface area contributed by atoms with Crippen LogP contribution in [0.3, 0.4) is 0 Å². The fourth-order valence-corrected chi connectivity index (χ4v) is 2.15. The molecule has 0 aromatic carbocycles. The molecule has 3 nitrogen and oxygen atoms in total. The first kappa shape index (κ1) is 10.6. The van der Waals surface area contributed by atoms with Crippen LogP contribution >= 0.6 is 11.8 Å². The summed E-state index contributed by atoms with van der Waals surface area (Å²) in [5.41, 5.74) is 0. The maximum absolute atomic E-state index is 11.7. The number of imide groups is 1. The fourth-order valence-electron chi connectivity index (χ4n) is 1.25. The predicted molar refractivity (Wildman–Crippen MR) is 53.6 cm³/mol.